The van der Waals surface area contributed by atoms with E-state index >= 15 is 0 Å². The van der Waals surface area contributed by atoms with Crippen molar-refractivity contribution in [3.05, 3.63) is 43.5 Å². The molecule has 5 atom stereocenters. The minimum Gasteiger partial charge on any atom is -0.388 e. The third-order valence-electron chi connectivity index (χ3n) is 3.26. The number of nitrogens with zero attached hydrogens (tertiary/aromatic N) is 4. The predicted octanol–water partition coefficient (Wildman–Crippen LogP) is -1.07. The zero-order valence-corrected chi connectivity index (χ0v) is 16.4. The van der Waals surface area contributed by atoms with E-state index in [2.05, 4.69) is 38.0 Å². The quantitative estimate of drug-likeness (QED) is 0.143. The Labute approximate surface area is 160 Å². The molecule has 0 saturated carbocycles. The molecule has 0 amide bonds. The van der Waals surface area contributed by atoms with Crippen molar-refractivity contribution in [2.45, 2.75) is 24.5 Å². The summed E-state index contributed by atoms with van der Waals surface area (Å²) in [6.07, 6.45) is -3.00. The summed E-state index contributed by atoms with van der Waals surface area (Å²) in [7, 11) is 0. The second-order valence-corrected chi connectivity index (χ2v) is 10.7. The number of aliphatic hydroxyl groups is 1. The lowest BCUT2D eigenvalue weighted by molar-refractivity contribution is -0.0512. The molecule has 18 heteroatoms. The average Bonchev–Trinajstić information content (AvgIpc) is 2.80. The molecule has 1 aliphatic rings. The molecule has 1 aromatic heterocycles. The number of ether oxygens (including phenoxy) is 1. The molecule has 1 saturated heterocycles. The van der Waals surface area contributed by atoms with Crippen LogP contribution in [-0.2, 0) is 37.2 Å². The zero-order valence-electron chi connectivity index (χ0n) is 13.0. The number of hydrogen-bond donors (Lipinski definition) is 5. The summed E-state index contributed by atoms with van der Waals surface area (Å²) in [4.78, 5) is 55.4. The van der Waals surface area contributed by atoms with Gasteiger partial charge in [-0.05, 0) is 29.1 Å². The monoisotopic (exact) mass is 461 g/mol. The first-order valence-electron chi connectivity index (χ1n) is 6.87. The fourth-order valence-corrected chi connectivity index (χ4v) is 6.06. The molecule has 14 nitrogen and oxygen atoms in total. The molecule has 5 N–H and O–H groups in total. The van der Waals surface area contributed by atoms with E-state index in [1.165, 1.54) is 0 Å². The van der Waals surface area contributed by atoms with Crippen molar-refractivity contribution in [2.24, 2.45) is 5.11 Å². The molecule has 0 bridgehead atoms. The number of rotatable bonds is 7. The lowest BCUT2D eigenvalue weighted by atomic mass is 10.1. The van der Waals surface area contributed by atoms with Gasteiger partial charge >= 0.3 is 19.1 Å². The molecule has 27 heavy (non-hydrogen) atoms. The van der Waals surface area contributed by atoms with Crippen molar-refractivity contribution in [3.8, 4) is 0 Å². The third kappa shape index (κ3) is 5.99. The van der Waals surface area contributed by atoms with E-state index in [-0.39, 0.29) is 0 Å². The van der Waals surface area contributed by atoms with Crippen LogP contribution in [0, 0.1) is 0 Å². The summed E-state index contributed by atoms with van der Waals surface area (Å²) >= 11 is 8.75. The fourth-order valence-electron chi connectivity index (χ4n) is 2.25. The van der Waals surface area contributed by atoms with Crippen LogP contribution in [0.5, 0.6) is 0 Å². The lowest BCUT2D eigenvalue weighted by Gasteiger charge is -2.21. The molecule has 2 heterocycles. The Kier molecular flexibility index (Phi) is 7.08. The number of H-pyrrole nitrogens is 1. The van der Waals surface area contributed by atoms with Crippen LogP contribution in [0.2, 0.25) is 0 Å². The molecule has 1 unspecified atom stereocenters. The van der Waals surface area contributed by atoms with Gasteiger partial charge in [0.05, 0.1) is 18.8 Å². The van der Waals surface area contributed by atoms with Crippen LogP contribution in [0.25, 0.3) is 10.4 Å². The van der Waals surface area contributed by atoms with Crippen LogP contribution in [0.15, 0.2) is 27.0 Å². The van der Waals surface area contributed by atoms with Crippen molar-refractivity contribution < 1.29 is 33.4 Å². The SMILES string of the molecule is [N-]=[N+]=N[C@H]1[C@@H](O)[C@H](n2ccc(=O)[nH]c2=O)O[C@@H]1COP(O)(=S)OP(O)(O)=S. The molecule has 0 aromatic carbocycles. The summed E-state index contributed by atoms with van der Waals surface area (Å²) < 4.78 is 15.5. The highest BCUT2D eigenvalue weighted by molar-refractivity contribution is 8.14. The summed E-state index contributed by atoms with van der Waals surface area (Å²) in [5.74, 6) is 0. The van der Waals surface area contributed by atoms with Gasteiger partial charge in [0.1, 0.15) is 6.10 Å². The molecule has 1 aromatic rings. The van der Waals surface area contributed by atoms with Crippen molar-refractivity contribution in [1.29, 1.82) is 0 Å². The zero-order chi connectivity index (χ0) is 20.4. The van der Waals surface area contributed by atoms with Gasteiger partial charge in [0.15, 0.2) is 6.23 Å². The minimum absolute atomic E-state index is 0.599. The van der Waals surface area contributed by atoms with E-state index in [9.17, 15) is 19.6 Å². The molecule has 1 fully saturated rings. The van der Waals surface area contributed by atoms with Gasteiger partial charge in [-0.15, -0.1) is 0 Å². The highest BCUT2D eigenvalue weighted by Gasteiger charge is 2.45. The Bertz CT molecular complexity index is 956. The van der Waals surface area contributed by atoms with E-state index in [0.29, 0.717) is 0 Å². The van der Waals surface area contributed by atoms with Crippen molar-refractivity contribution >= 4 is 37.1 Å². The molecule has 0 spiro atoms. The van der Waals surface area contributed by atoms with Crippen molar-refractivity contribution in [3.63, 3.8) is 0 Å². The Morgan fingerprint density at radius 2 is 2.07 bits per heavy atom. The molecule has 150 valence electrons. The van der Waals surface area contributed by atoms with E-state index < -0.39 is 55.8 Å². The Morgan fingerprint density at radius 1 is 1.41 bits per heavy atom. The molecule has 0 aliphatic carbocycles. The first-order valence-corrected chi connectivity index (χ1v) is 12.1. The largest absolute Gasteiger partial charge is 0.388 e. The first kappa shape index (κ1) is 22.3. The maximum absolute atomic E-state index is 11.9. The van der Waals surface area contributed by atoms with Crippen LogP contribution < -0.4 is 11.2 Å². The highest BCUT2D eigenvalue weighted by Crippen LogP contribution is 2.58. The minimum atomic E-state index is -4.31. The molecule has 1 aliphatic heterocycles. The number of azide groups is 1. The van der Waals surface area contributed by atoms with Crippen LogP contribution in [-0.4, -0.2) is 54.2 Å². The predicted molar refractivity (Wildman–Crippen MR) is 96.4 cm³/mol. The Balaban J connectivity index is 2.22. The molecule has 2 rings (SSSR count). The second-order valence-electron chi connectivity index (χ2n) is 5.11. The summed E-state index contributed by atoms with van der Waals surface area (Å²) in [6.45, 7) is -9.08. The van der Waals surface area contributed by atoms with Gasteiger partial charge in [0.2, 0.25) is 0 Å². The summed E-state index contributed by atoms with van der Waals surface area (Å²) in [6, 6.07) is -0.249. The van der Waals surface area contributed by atoms with E-state index in [4.69, 9.17) is 24.6 Å². The standard InChI is InChI=1S/C9H13N5O9P2S2/c10-13-12-6-4(3-21-25(20,27)23-24(18,19)26)22-8(7(6)16)14-2-1-5(15)11-9(14)17/h1-2,4,6-8,16H,3H2,(H,20,27)(H,11,15,17)(H2,18,19,26)/t4-,6-,7-,8-,25?/m1/s1. The van der Waals surface area contributed by atoms with Gasteiger partial charge in [-0.3, -0.25) is 14.3 Å². The van der Waals surface area contributed by atoms with Gasteiger partial charge in [-0.25, -0.2) is 9.11 Å². The van der Waals surface area contributed by atoms with Crippen LogP contribution in [0.4, 0.5) is 0 Å². The van der Waals surface area contributed by atoms with E-state index in [1.54, 1.807) is 0 Å². The van der Waals surface area contributed by atoms with Gasteiger partial charge in [0.25, 0.3) is 5.56 Å². The van der Waals surface area contributed by atoms with Crippen LogP contribution in [0.3, 0.4) is 0 Å². The smallest absolute Gasteiger partial charge is 0.331 e. The third-order valence-corrected chi connectivity index (χ3v) is 6.93. The van der Waals surface area contributed by atoms with Crippen molar-refractivity contribution in [1.82, 2.24) is 9.55 Å². The number of aliphatic hydroxyl groups excluding tert-OH is 1. The fraction of sp³-hybridized carbons (Fsp3) is 0.556. The second kappa shape index (κ2) is 8.57. The maximum Gasteiger partial charge on any atom is 0.331 e. The van der Waals surface area contributed by atoms with Gasteiger partial charge in [0, 0.05) is 17.2 Å². The van der Waals surface area contributed by atoms with Crippen LogP contribution >= 0.6 is 13.4 Å². The number of aromatic amines is 1. The maximum atomic E-state index is 11.9. The molecular formula is C9H13N5O9P2S2. The van der Waals surface area contributed by atoms with Crippen molar-refractivity contribution in [2.75, 3.05) is 6.61 Å². The Hall–Kier alpha value is -0.990. The average molecular weight is 461 g/mol. The van der Waals surface area contributed by atoms with Crippen LogP contribution in [0.1, 0.15) is 6.23 Å². The lowest BCUT2D eigenvalue weighted by Crippen LogP contribution is -2.37. The first-order chi connectivity index (χ1) is 12.4. The molecule has 0 radical (unpaired) electrons. The number of nitrogens with one attached hydrogen (secondary N) is 1. The number of hydrogen-bond acceptors (Lipinski definition) is 9. The topological polar surface area (TPSA) is 212 Å². The summed E-state index contributed by atoms with van der Waals surface area (Å²) in [5, 5.41) is 13.7. The highest BCUT2D eigenvalue weighted by atomic mass is 32.5. The van der Waals surface area contributed by atoms with Gasteiger partial charge in [-0.2, -0.15) is 0 Å². The number of aromatic nitrogens is 2. The normalized spacial score (nSPS) is 27.7. The van der Waals surface area contributed by atoms with Gasteiger partial charge in [-0.1, -0.05) is 5.11 Å². The van der Waals surface area contributed by atoms with Gasteiger partial charge < -0.3 is 29.0 Å². The Morgan fingerprint density at radius 3 is 2.63 bits per heavy atom. The van der Waals surface area contributed by atoms with E-state index in [0.717, 1.165) is 16.8 Å². The molecular weight excluding hydrogens is 448 g/mol. The summed E-state index contributed by atoms with van der Waals surface area (Å²) in [5.41, 5.74) is 7.11. The van der Waals surface area contributed by atoms with E-state index in [1.807, 2.05) is 4.98 Å².